The SMILES string of the molecule is CCN(c1ccc(NC(=O)Cn2cncn2)cc1)C(C)C. The predicted octanol–water partition coefficient (Wildman–Crippen LogP) is 2.15. The molecule has 0 fully saturated rings. The first kappa shape index (κ1) is 15.0. The normalized spacial score (nSPS) is 10.7. The van der Waals surface area contributed by atoms with Crippen LogP contribution in [0.4, 0.5) is 11.4 Å². The highest BCUT2D eigenvalue weighted by Gasteiger charge is 2.09. The van der Waals surface area contributed by atoms with Gasteiger partial charge in [0.05, 0.1) is 0 Å². The van der Waals surface area contributed by atoms with Crippen LogP contribution >= 0.6 is 0 Å². The summed E-state index contributed by atoms with van der Waals surface area (Å²) >= 11 is 0. The van der Waals surface area contributed by atoms with Gasteiger partial charge in [-0.3, -0.25) is 4.79 Å². The van der Waals surface area contributed by atoms with Crippen LogP contribution in [0.5, 0.6) is 0 Å². The molecule has 2 rings (SSSR count). The zero-order valence-corrected chi connectivity index (χ0v) is 12.7. The van der Waals surface area contributed by atoms with Gasteiger partial charge in [-0.1, -0.05) is 0 Å². The van der Waals surface area contributed by atoms with Crippen LogP contribution in [0.2, 0.25) is 0 Å². The maximum absolute atomic E-state index is 11.9. The van der Waals surface area contributed by atoms with Crippen molar-refractivity contribution in [3.63, 3.8) is 0 Å². The smallest absolute Gasteiger partial charge is 0.246 e. The summed E-state index contributed by atoms with van der Waals surface area (Å²) in [5.74, 6) is -0.121. The van der Waals surface area contributed by atoms with E-state index in [0.717, 1.165) is 17.9 Å². The predicted molar refractivity (Wildman–Crippen MR) is 83.2 cm³/mol. The molecule has 0 unspecified atom stereocenters. The van der Waals surface area contributed by atoms with Crippen LogP contribution in [0.25, 0.3) is 0 Å². The van der Waals surface area contributed by atoms with Crippen molar-refractivity contribution in [3.8, 4) is 0 Å². The summed E-state index contributed by atoms with van der Waals surface area (Å²) in [5.41, 5.74) is 1.94. The van der Waals surface area contributed by atoms with Crippen LogP contribution in [-0.2, 0) is 11.3 Å². The Kier molecular flexibility index (Phi) is 4.92. The fourth-order valence-electron chi connectivity index (χ4n) is 2.24. The van der Waals surface area contributed by atoms with Crippen molar-refractivity contribution in [1.29, 1.82) is 0 Å². The van der Waals surface area contributed by atoms with Gasteiger partial charge in [0.1, 0.15) is 19.2 Å². The van der Waals surface area contributed by atoms with Crippen molar-refractivity contribution in [2.24, 2.45) is 0 Å². The lowest BCUT2D eigenvalue weighted by Gasteiger charge is -2.27. The van der Waals surface area contributed by atoms with E-state index >= 15 is 0 Å². The van der Waals surface area contributed by atoms with E-state index < -0.39 is 0 Å². The quantitative estimate of drug-likeness (QED) is 0.884. The van der Waals surface area contributed by atoms with Crippen molar-refractivity contribution in [1.82, 2.24) is 14.8 Å². The number of carbonyl (C=O) groups excluding carboxylic acids is 1. The molecule has 0 atom stereocenters. The minimum absolute atomic E-state index is 0.121. The van der Waals surface area contributed by atoms with Crippen LogP contribution in [0, 0.1) is 0 Å². The second-order valence-electron chi connectivity index (χ2n) is 5.07. The number of anilines is 2. The molecule has 1 aromatic heterocycles. The fraction of sp³-hybridized carbons (Fsp3) is 0.400. The maximum atomic E-state index is 11.9. The molecule has 0 radical (unpaired) electrons. The van der Waals surface area contributed by atoms with Gasteiger partial charge >= 0.3 is 0 Å². The van der Waals surface area contributed by atoms with Gasteiger partial charge in [-0.25, -0.2) is 9.67 Å². The lowest BCUT2D eigenvalue weighted by Crippen LogP contribution is -2.30. The van der Waals surface area contributed by atoms with Gasteiger partial charge in [-0.05, 0) is 45.0 Å². The Labute approximate surface area is 124 Å². The highest BCUT2D eigenvalue weighted by Crippen LogP contribution is 2.19. The Bertz CT molecular complexity index is 562. The molecule has 6 heteroatoms. The Morgan fingerprint density at radius 3 is 2.57 bits per heavy atom. The number of carbonyl (C=O) groups is 1. The standard InChI is InChI=1S/C15H21N5O/c1-4-20(12(2)3)14-7-5-13(6-8-14)18-15(21)9-19-11-16-10-17-19/h5-8,10-12H,4,9H2,1-3H3,(H,18,21). The van der Waals surface area contributed by atoms with Crippen molar-refractivity contribution in [3.05, 3.63) is 36.9 Å². The van der Waals surface area contributed by atoms with E-state index in [-0.39, 0.29) is 12.5 Å². The first-order valence-electron chi connectivity index (χ1n) is 7.09. The van der Waals surface area contributed by atoms with Crippen LogP contribution in [0.1, 0.15) is 20.8 Å². The summed E-state index contributed by atoms with van der Waals surface area (Å²) in [5, 5.41) is 6.75. The first-order valence-corrected chi connectivity index (χ1v) is 7.09. The number of nitrogens with zero attached hydrogens (tertiary/aromatic N) is 4. The second kappa shape index (κ2) is 6.88. The van der Waals surface area contributed by atoms with Crippen LogP contribution < -0.4 is 10.2 Å². The topological polar surface area (TPSA) is 63.1 Å². The summed E-state index contributed by atoms with van der Waals surface area (Å²) in [4.78, 5) is 18.0. The van der Waals surface area contributed by atoms with Crippen LogP contribution in [-0.4, -0.2) is 33.3 Å². The third-order valence-corrected chi connectivity index (χ3v) is 3.22. The summed E-state index contributed by atoms with van der Waals surface area (Å²) in [7, 11) is 0. The second-order valence-corrected chi connectivity index (χ2v) is 5.07. The molecule has 21 heavy (non-hydrogen) atoms. The molecular formula is C15H21N5O. The van der Waals surface area contributed by atoms with E-state index in [1.165, 1.54) is 17.3 Å². The molecule has 0 aliphatic carbocycles. The van der Waals surface area contributed by atoms with Crippen molar-refractivity contribution < 1.29 is 4.79 Å². The number of nitrogens with one attached hydrogen (secondary N) is 1. The Hall–Kier alpha value is -2.37. The third-order valence-electron chi connectivity index (χ3n) is 3.22. The number of hydrogen-bond donors (Lipinski definition) is 1. The van der Waals surface area contributed by atoms with Gasteiger partial charge in [0, 0.05) is 24.0 Å². The third kappa shape index (κ3) is 4.05. The van der Waals surface area contributed by atoms with Crippen molar-refractivity contribution in [2.45, 2.75) is 33.4 Å². The van der Waals surface area contributed by atoms with Gasteiger partial charge in [-0.2, -0.15) is 5.10 Å². The minimum Gasteiger partial charge on any atom is -0.369 e. The number of rotatable bonds is 6. The number of amides is 1. The monoisotopic (exact) mass is 287 g/mol. The summed E-state index contributed by atoms with van der Waals surface area (Å²) in [6.45, 7) is 7.58. The van der Waals surface area contributed by atoms with E-state index in [1.54, 1.807) is 0 Å². The summed E-state index contributed by atoms with van der Waals surface area (Å²) in [6.07, 6.45) is 2.93. The molecule has 0 aliphatic rings. The highest BCUT2D eigenvalue weighted by molar-refractivity contribution is 5.90. The molecule has 0 saturated carbocycles. The Morgan fingerprint density at radius 2 is 2.05 bits per heavy atom. The molecule has 0 aliphatic heterocycles. The average Bonchev–Trinajstić information content (AvgIpc) is 2.94. The van der Waals surface area contributed by atoms with E-state index in [0.29, 0.717) is 6.04 Å². The van der Waals surface area contributed by atoms with Gasteiger partial charge in [0.15, 0.2) is 0 Å². The van der Waals surface area contributed by atoms with Crippen molar-refractivity contribution in [2.75, 3.05) is 16.8 Å². The lowest BCUT2D eigenvalue weighted by atomic mass is 10.2. The van der Waals surface area contributed by atoms with Gasteiger partial charge in [0.25, 0.3) is 0 Å². The van der Waals surface area contributed by atoms with Crippen LogP contribution in [0.3, 0.4) is 0 Å². The molecule has 1 N–H and O–H groups in total. The summed E-state index contributed by atoms with van der Waals surface area (Å²) < 4.78 is 1.49. The maximum Gasteiger partial charge on any atom is 0.246 e. The molecule has 1 aromatic carbocycles. The lowest BCUT2D eigenvalue weighted by molar-refractivity contribution is -0.116. The van der Waals surface area contributed by atoms with E-state index in [4.69, 9.17) is 0 Å². The molecule has 6 nitrogen and oxygen atoms in total. The van der Waals surface area contributed by atoms with Gasteiger partial charge < -0.3 is 10.2 Å². The van der Waals surface area contributed by atoms with Gasteiger partial charge in [-0.15, -0.1) is 0 Å². The van der Waals surface area contributed by atoms with E-state index in [1.807, 2.05) is 24.3 Å². The highest BCUT2D eigenvalue weighted by atomic mass is 16.2. The first-order chi connectivity index (χ1) is 10.1. The fourth-order valence-corrected chi connectivity index (χ4v) is 2.24. The number of benzene rings is 1. The molecule has 1 heterocycles. The molecule has 1 amide bonds. The molecule has 2 aromatic rings. The average molecular weight is 287 g/mol. The molecule has 0 saturated heterocycles. The molecule has 112 valence electrons. The summed E-state index contributed by atoms with van der Waals surface area (Å²) in [6, 6.07) is 8.32. The minimum atomic E-state index is -0.121. The van der Waals surface area contributed by atoms with E-state index in [9.17, 15) is 4.79 Å². The number of aromatic nitrogens is 3. The van der Waals surface area contributed by atoms with Crippen LogP contribution in [0.15, 0.2) is 36.9 Å². The Morgan fingerprint density at radius 1 is 1.33 bits per heavy atom. The zero-order chi connectivity index (χ0) is 15.2. The van der Waals surface area contributed by atoms with E-state index in [2.05, 4.69) is 41.1 Å². The van der Waals surface area contributed by atoms with Gasteiger partial charge in [0.2, 0.25) is 5.91 Å². The molecule has 0 bridgehead atoms. The largest absolute Gasteiger partial charge is 0.369 e. The van der Waals surface area contributed by atoms with Crippen molar-refractivity contribution >= 4 is 17.3 Å². The Balaban J connectivity index is 1.97. The number of hydrogen-bond acceptors (Lipinski definition) is 4. The molecular weight excluding hydrogens is 266 g/mol. The zero-order valence-electron chi connectivity index (χ0n) is 12.7. The molecule has 0 spiro atoms.